The average Bonchev–Trinajstić information content (AvgIpc) is 3.28. The lowest BCUT2D eigenvalue weighted by atomic mass is 10.2. The highest BCUT2D eigenvalue weighted by molar-refractivity contribution is 7.07. The van der Waals surface area contributed by atoms with Gasteiger partial charge in [-0.25, -0.2) is 4.98 Å². The van der Waals surface area contributed by atoms with Crippen LogP contribution in [0.3, 0.4) is 0 Å². The number of carbonyl (C=O) groups is 1. The lowest BCUT2D eigenvalue weighted by molar-refractivity contribution is -0.386. The van der Waals surface area contributed by atoms with Crippen molar-refractivity contribution in [3.05, 3.63) is 76.3 Å². The second-order valence-corrected chi connectivity index (χ2v) is 6.33. The topological polar surface area (TPSA) is 90.7 Å². The van der Waals surface area contributed by atoms with Gasteiger partial charge in [0.25, 0.3) is 5.91 Å². The van der Waals surface area contributed by atoms with Gasteiger partial charge in [0.05, 0.1) is 11.3 Å². The molecule has 0 aliphatic rings. The maximum atomic E-state index is 12.7. The number of rotatable bonds is 3. The van der Waals surface area contributed by atoms with Crippen LogP contribution in [0.2, 0.25) is 0 Å². The van der Waals surface area contributed by atoms with Crippen LogP contribution in [0.15, 0.2) is 65.4 Å². The molecule has 0 radical (unpaired) electrons. The van der Waals surface area contributed by atoms with Gasteiger partial charge in [0.1, 0.15) is 12.2 Å². The molecule has 4 rings (SSSR count). The smallest absolute Gasteiger partial charge is 0.281 e. The van der Waals surface area contributed by atoms with Crippen molar-refractivity contribution in [1.29, 1.82) is 0 Å². The van der Waals surface area contributed by atoms with Gasteiger partial charge in [-0.3, -0.25) is 9.36 Å². The number of aromatic amines is 1. The molecular formula is C18H16N5OS+. The predicted octanol–water partition coefficient (Wildman–Crippen LogP) is 1.90. The van der Waals surface area contributed by atoms with Gasteiger partial charge >= 0.3 is 0 Å². The van der Waals surface area contributed by atoms with Crippen molar-refractivity contribution in [1.82, 2.24) is 14.5 Å². The first-order chi connectivity index (χ1) is 12.3. The Balaban J connectivity index is 1.81. The number of nitrogens with one attached hydrogen (secondary N) is 1. The van der Waals surface area contributed by atoms with E-state index in [2.05, 4.69) is 20.7 Å². The zero-order chi connectivity index (χ0) is 17.2. The van der Waals surface area contributed by atoms with E-state index in [4.69, 9.17) is 0 Å². The third-order valence-electron chi connectivity index (χ3n) is 3.99. The summed E-state index contributed by atoms with van der Waals surface area (Å²) in [6.45, 7) is 0.667. The summed E-state index contributed by atoms with van der Waals surface area (Å²) in [4.78, 5) is 24.9. The minimum atomic E-state index is -0.289. The van der Waals surface area contributed by atoms with Crippen molar-refractivity contribution >= 4 is 28.3 Å². The number of para-hydroxylation sites is 1. The van der Waals surface area contributed by atoms with E-state index in [0.29, 0.717) is 22.6 Å². The van der Waals surface area contributed by atoms with Crippen LogP contribution in [0.4, 0.5) is 0 Å². The zero-order valence-electron chi connectivity index (χ0n) is 13.3. The molecule has 7 heteroatoms. The standard InChI is InChI=1S/C18H15N5OS/c19-10-12-4-1-2-6-15(12)23-8-9-25-18(23)22-17(24)14-11-21-16-13(14)5-3-7-20-16/h1-9,11H,10,19H2,(H,20,21)/p+1. The SMILES string of the molecule is [NH3+]Cc1ccccc1-n1ccsc1=NC(=O)c1c[nH]c2ncccc12. The molecule has 4 aromatic rings. The van der Waals surface area contributed by atoms with Gasteiger partial charge in [-0.15, -0.1) is 11.3 Å². The Morgan fingerprint density at radius 1 is 1.28 bits per heavy atom. The zero-order valence-corrected chi connectivity index (χ0v) is 14.2. The van der Waals surface area contributed by atoms with Gasteiger partial charge < -0.3 is 10.7 Å². The molecule has 1 amide bonds. The number of hydrogen-bond donors (Lipinski definition) is 2. The van der Waals surface area contributed by atoms with E-state index in [1.54, 1.807) is 12.4 Å². The summed E-state index contributed by atoms with van der Waals surface area (Å²) in [5.41, 5.74) is 7.27. The van der Waals surface area contributed by atoms with E-state index >= 15 is 0 Å². The molecule has 3 heterocycles. The highest BCUT2D eigenvalue weighted by Crippen LogP contribution is 2.17. The first kappa shape index (κ1) is 15.5. The van der Waals surface area contributed by atoms with E-state index in [9.17, 15) is 4.79 Å². The second-order valence-electron chi connectivity index (χ2n) is 5.45. The fraction of sp³-hybridized carbons (Fsp3) is 0.0556. The third kappa shape index (κ3) is 2.79. The average molecular weight is 350 g/mol. The molecular weight excluding hydrogens is 334 g/mol. The molecule has 0 bridgehead atoms. The monoisotopic (exact) mass is 350 g/mol. The number of thiazole rings is 1. The van der Waals surface area contributed by atoms with Crippen LogP contribution >= 0.6 is 11.3 Å². The van der Waals surface area contributed by atoms with Crippen molar-refractivity contribution in [2.75, 3.05) is 0 Å². The molecule has 0 atom stereocenters. The predicted molar refractivity (Wildman–Crippen MR) is 96.2 cm³/mol. The summed E-state index contributed by atoms with van der Waals surface area (Å²) >= 11 is 1.42. The van der Waals surface area contributed by atoms with Crippen molar-refractivity contribution in [2.45, 2.75) is 6.54 Å². The van der Waals surface area contributed by atoms with Gasteiger partial charge in [0, 0.05) is 34.9 Å². The summed E-state index contributed by atoms with van der Waals surface area (Å²) in [7, 11) is 0. The Labute approximate surface area is 147 Å². The highest BCUT2D eigenvalue weighted by Gasteiger charge is 2.13. The molecule has 1 aromatic carbocycles. The van der Waals surface area contributed by atoms with Crippen molar-refractivity contribution in [3.63, 3.8) is 0 Å². The van der Waals surface area contributed by atoms with E-state index in [-0.39, 0.29) is 5.91 Å². The largest absolute Gasteiger partial charge is 0.354 e. The van der Waals surface area contributed by atoms with Gasteiger partial charge in [-0.1, -0.05) is 18.2 Å². The molecule has 0 saturated heterocycles. The van der Waals surface area contributed by atoms with Gasteiger partial charge in [0.15, 0.2) is 4.80 Å². The third-order valence-corrected chi connectivity index (χ3v) is 4.75. The number of fused-ring (bicyclic) bond motifs is 1. The lowest BCUT2D eigenvalue weighted by Crippen LogP contribution is -2.47. The van der Waals surface area contributed by atoms with E-state index in [0.717, 1.165) is 16.6 Å². The number of benzene rings is 1. The van der Waals surface area contributed by atoms with Crippen molar-refractivity contribution in [2.24, 2.45) is 4.99 Å². The summed E-state index contributed by atoms with van der Waals surface area (Å²) in [6.07, 6.45) is 5.26. The summed E-state index contributed by atoms with van der Waals surface area (Å²) in [5, 5.41) is 2.69. The summed E-state index contributed by atoms with van der Waals surface area (Å²) in [6, 6.07) is 11.7. The molecule has 0 fully saturated rings. The first-order valence-electron chi connectivity index (χ1n) is 7.83. The Hall–Kier alpha value is -3.03. The first-order valence-corrected chi connectivity index (χ1v) is 8.70. The summed E-state index contributed by atoms with van der Waals surface area (Å²) < 4.78 is 1.93. The minimum Gasteiger partial charge on any atom is -0.354 e. The van der Waals surface area contributed by atoms with Crippen molar-refractivity contribution in [3.8, 4) is 5.69 Å². The number of carbonyl (C=O) groups excluding carboxylic acids is 1. The van der Waals surface area contributed by atoms with Crippen LogP contribution in [0.1, 0.15) is 15.9 Å². The Kier molecular flexibility index (Phi) is 4.01. The molecule has 124 valence electrons. The number of hydrogen-bond acceptors (Lipinski definition) is 3. The molecule has 0 saturated carbocycles. The normalized spacial score (nSPS) is 12.0. The quantitative estimate of drug-likeness (QED) is 0.591. The van der Waals surface area contributed by atoms with Crippen LogP contribution in [-0.2, 0) is 6.54 Å². The molecule has 0 spiro atoms. The fourth-order valence-electron chi connectivity index (χ4n) is 2.77. The molecule has 4 N–H and O–H groups in total. The number of nitrogens with zero attached hydrogens (tertiary/aromatic N) is 3. The molecule has 6 nitrogen and oxygen atoms in total. The maximum absolute atomic E-state index is 12.7. The minimum absolute atomic E-state index is 0.289. The number of H-pyrrole nitrogens is 1. The van der Waals surface area contributed by atoms with Crippen LogP contribution < -0.4 is 10.5 Å². The maximum Gasteiger partial charge on any atom is 0.281 e. The lowest BCUT2D eigenvalue weighted by Gasteiger charge is -2.07. The Morgan fingerprint density at radius 2 is 2.16 bits per heavy atom. The van der Waals surface area contributed by atoms with Gasteiger partial charge in [0.2, 0.25) is 0 Å². The highest BCUT2D eigenvalue weighted by atomic mass is 32.1. The van der Waals surface area contributed by atoms with Gasteiger partial charge in [-0.05, 0) is 18.2 Å². The van der Waals surface area contributed by atoms with E-state index in [1.165, 1.54) is 11.3 Å². The van der Waals surface area contributed by atoms with Gasteiger partial charge in [-0.2, -0.15) is 4.99 Å². The number of quaternary nitrogens is 1. The molecule has 3 aromatic heterocycles. The molecule has 25 heavy (non-hydrogen) atoms. The van der Waals surface area contributed by atoms with Crippen LogP contribution in [0, 0.1) is 0 Å². The van der Waals surface area contributed by atoms with E-state index in [1.807, 2.05) is 52.5 Å². The van der Waals surface area contributed by atoms with Crippen LogP contribution in [0.25, 0.3) is 16.7 Å². The van der Waals surface area contributed by atoms with Crippen LogP contribution in [-0.4, -0.2) is 20.4 Å². The number of aromatic nitrogens is 3. The Bertz CT molecular complexity index is 1120. The Morgan fingerprint density at radius 3 is 3.04 bits per heavy atom. The molecule has 0 aliphatic heterocycles. The van der Waals surface area contributed by atoms with Crippen LogP contribution in [0.5, 0.6) is 0 Å². The fourth-order valence-corrected chi connectivity index (χ4v) is 3.49. The number of amides is 1. The second kappa shape index (κ2) is 6.46. The molecule has 0 aliphatic carbocycles. The molecule has 0 unspecified atom stereocenters. The number of pyridine rings is 1. The van der Waals surface area contributed by atoms with E-state index < -0.39 is 0 Å². The van der Waals surface area contributed by atoms with Crippen molar-refractivity contribution < 1.29 is 10.5 Å². The summed E-state index contributed by atoms with van der Waals surface area (Å²) in [5.74, 6) is -0.289.